The van der Waals surface area contributed by atoms with Crippen LogP contribution in [0.4, 0.5) is 10.5 Å². The molecule has 3 heterocycles. The molecule has 0 bridgehead atoms. The van der Waals surface area contributed by atoms with Gasteiger partial charge in [0.2, 0.25) is 0 Å². The quantitative estimate of drug-likeness (QED) is 0.545. The van der Waals surface area contributed by atoms with E-state index in [0.717, 1.165) is 0 Å². The number of methoxy groups -OCH3 is 1. The molecule has 0 spiro atoms. The summed E-state index contributed by atoms with van der Waals surface area (Å²) in [6.07, 6.45) is -0.575. The van der Waals surface area contributed by atoms with Crippen LogP contribution in [0.25, 0.3) is 0 Å². The molecule has 1 aromatic carbocycles. The van der Waals surface area contributed by atoms with E-state index in [1.165, 1.54) is 25.1 Å². The van der Waals surface area contributed by atoms with Gasteiger partial charge in [0.25, 0.3) is 17.3 Å². The molecule has 1 aromatic heterocycles. The molecule has 1 saturated heterocycles. The van der Waals surface area contributed by atoms with Crippen molar-refractivity contribution in [3.8, 4) is 17.2 Å². The summed E-state index contributed by atoms with van der Waals surface area (Å²) < 4.78 is 23.5. The van der Waals surface area contributed by atoms with Crippen molar-refractivity contribution in [3.63, 3.8) is 0 Å². The fraction of sp³-hybridized carbons (Fsp3) is 0.458. The van der Waals surface area contributed by atoms with E-state index in [0.29, 0.717) is 29.8 Å². The van der Waals surface area contributed by atoms with Crippen LogP contribution < -0.4 is 30.0 Å². The average Bonchev–Trinajstić information content (AvgIpc) is 3.19. The van der Waals surface area contributed by atoms with Gasteiger partial charge in [0.15, 0.2) is 17.2 Å². The number of aromatic amines is 1. The number of nitrogens with zero attached hydrogens (tertiary/aromatic N) is 1. The van der Waals surface area contributed by atoms with Crippen LogP contribution in [0.2, 0.25) is 5.02 Å². The van der Waals surface area contributed by atoms with Gasteiger partial charge >= 0.3 is 6.09 Å². The van der Waals surface area contributed by atoms with Gasteiger partial charge in [-0.3, -0.25) is 9.59 Å². The van der Waals surface area contributed by atoms with Gasteiger partial charge in [-0.15, -0.1) is 0 Å². The van der Waals surface area contributed by atoms with Crippen molar-refractivity contribution in [2.45, 2.75) is 51.5 Å². The number of aryl methyl sites for hydroxylation is 1. The second kappa shape index (κ2) is 9.55. The topological polar surface area (TPSA) is 139 Å². The summed E-state index contributed by atoms with van der Waals surface area (Å²) in [5.74, 6) is -0.861. The van der Waals surface area contributed by atoms with Crippen LogP contribution in [0.5, 0.6) is 17.2 Å². The normalized spacial score (nSPS) is 22.7. The number of pyridine rings is 1. The maximum atomic E-state index is 13.5. The number of H-pyrrole nitrogens is 1. The minimum absolute atomic E-state index is 0.0613. The number of hydrogen-bond acceptors (Lipinski definition) is 7. The smallest absolute Gasteiger partial charge is 0.404 e. The van der Waals surface area contributed by atoms with Gasteiger partial charge in [-0.1, -0.05) is 11.6 Å². The molecule has 0 radical (unpaired) electrons. The Morgan fingerprint density at radius 1 is 1.25 bits per heavy atom. The minimum atomic E-state index is -1.23. The molecule has 3 atom stereocenters. The lowest BCUT2D eigenvalue weighted by Gasteiger charge is -2.37. The van der Waals surface area contributed by atoms with Gasteiger partial charge < -0.3 is 39.3 Å². The fourth-order valence-electron chi connectivity index (χ4n) is 4.56. The van der Waals surface area contributed by atoms with Crippen molar-refractivity contribution in [2.75, 3.05) is 25.7 Å². The fourth-order valence-corrected chi connectivity index (χ4v) is 4.79. The Morgan fingerprint density at radius 3 is 2.56 bits per heavy atom. The summed E-state index contributed by atoms with van der Waals surface area (Å²) in [5.41, 5.74) is 0.902. The summed E-state index contributed by atoms with van der Waals surface area (Å²) in [4.78, 5) is 40.9. The lowest BCUT2D eigenvalue weighted by atomic mass is 9.99. The summed E-state index contributed by atoms with van der Waals surface area (Å²) in [6.45, 7) is 5.30. The molecular weight excluding hydrogens is 494 g/mol. The third kappa shape index (κ3) is 4.56. The summed E-state index contributed by atoms with van der Waals surface area (Å²) in [7, 11) is 2.90. The van der Waals surface area contributed by atoms with Gasteiger partial charge in [0.05, 0.1) is 24.8 Å². The zero-order chi connectivity index (χ0) is 26.4. The number of fused-ring (bicyclic) bond motifs is 1. The number of carbonyl (C=O) groups is 2. The third-order valence-corrected chi connectivity index (χ3v) is 6.71. The van der Waals surface area contributed by atoms with Gasteiger partial charge in [-0.05, 0) is 32.8 Å². The van der Waals surface area contributed by atoms with E-state index < -0.39 is 29.5 Å². The average molecular weight is 522 g/mol. The van der Waals surface area contributed by atoms with Gasteiger partial charge in [0.1, 0.15) is 11.9 Å². The highest BCUT2D eigenvalue weighted by molar-refractivity contribution is 6.33. The summed E-state index contributed by atoms with van der Waals surface area (Å²) >= 11 is 6.51. The summed E-state index contributed by atoms with van der Waals surface area (Å²) in [5, 5.41) is 11.5. The number of aromatic nitrogens is 1. The predicted octanol–water partition coefficient (Wildman–Crippen LogP) is 3.23. The molecule has 0 aliphatic carbocycles. The second-order valence-electron chi connectivity index (χ2n) is 9.02. The lowest BCUT2D eigenvalue weighted by Crippen LogP contribution is -2.53. The maximum absolute atomic E-state index is 13.5. The van der Waals surface area contributed by atoms with Crippen molar-refractivity contribution in [1.82, 2.24) is 10.3 Å². The molecule has 1 unspecified atom stereocenters. The first-order chi connectivity index (χ1) is 16.9. The van der Waals surface area contributed by atoms with Crippen molar-refractivity contribution < 1.29 is 33.6 Å². The molecule has 194 valence electrons. The molecule has 0 saturated carbocycles. The van der Waals surface area contributed by atoms with Gasteiger partial charge in [-0.2, -0.15) is 0 Å². The van der Waals surface area contributed by atoms with Crippen molar-refractivity contribution >= 4 is 29.3 Å². The number of amides is 2. The SMILES string of the molecule is COc1cc(C)[nH]c(=O)c1N(C)C(=O)c1cc(Cl)c2c(c1C)OC(C)([C@@H]1CC[C@@H](NC(=O)O)CO1)O2. The number of carbonyl (C=O) groups excluding carboxylic acids is 1. The van der Waals surface area contributed by atoms with E-state index in [4.69, 9.17) is 35.7 Å². The number of hydrogen-bond donors (Lipinski definition) is 3. The molecule has 11 nitrogen and oxygen atoms in total. The Morgan fingerprint density at radius 2 is 1.94 bits per heavy atom. The Balaban J connectivity index is 1.60. The summed E-state index contributed by atoms with van der Waals surface area (Å²) in [6, 6.07) is 2.79. The Bertz CT molecular complexity index is 1270. The van der Waals surface area contributed by atoms with Crippen LogP contribution in [0.3, 0.4) is 0 Å². The minimum Gasteiger partial charge on any atom is -0.494 e. The number of carboxylic acid groups (broad SMARTS) is 1. The standard InChI is InChI=1S/C24H28ClN3O8/c1-11-8-16(33-5)18(21(29)26-11)28(4)22(30)14-9-15(25)20-19(12(14)2)35-24(3,36-20)17-7-6-13(10-34-17)27-23(31)32/h8-9,13,17,27H,6-7,10H2,1-5H3,(H,26,29)(H,31,32)/t13-,17+,24?/m1/s1. The molecule has 1 fully saturated rings. The van der Waals surface area contributed by atoms with Crippen LogP contribution in [0.1, 0.15) is 41.4 Å². The van der Waals surface area contributed by atoms with Crippen LogP contribution in [-0.2, 0) is 4.74 Å². The molecule has 3 N–H and O–H groups in total. The van der Waals surface area contributed by atoms with Crippen molar-refractivity contribution in [2.24, 2.45) is 0 Å². The molecule has 2 amide bonds. The number of benzene rings is 1. The molecule has 12 heteroatoms. The largest absolute Gasteiger partial charge is 0.494 e. The highest BCUT2D eigenvalue weighted by atomic mass is 35.5. The molecule has 2 aliphatic heterocycles. The number of rotatable bonds is 5. The van der Waals surface area contributed by atoms with Crippen molar-refractivity contribution in [1.29, 1.82) is 0 Å². The zero-order valence-corrected chi connectivity index (χ0v) is 21.3. The van der Waals surface area contributed by atoms with Crippen LogP contribution in [-0.4, -0.2) is 60.8 Å². The number of nitrogens with one attached hydrogen (secondary N) is 2. The third-order valence-electron chi connectivity index (χ3n) is 6.43. The molecule has 2 aromatic rings. The van der Waals surface area contributed by atoms with Crippen LogP contribution in [0, 0.1) is 13.8 Å². The van der Waals surface area contributed by atoms with E-state index in [1.807, 2.05) is 0 Å². The van der Waals surface area contributed by atoms with E-state index in [1.54, 1.807) is 26.8 Å². The molecule has 4 rings (SSSR count). The highest BCUT2D eigenvalue weighted by Crippen LogP contribution is 2.50. The predicted molar refractivity (Wildman–Crippen MR) is 131 cm³/mol. The monoisotopic (exact) mass is 521 g/mol. The first-order valence-corrected chi connectivity index (χ1v) is 11.7. The Labute approximate surface area is 212 Å². The van der Waals surface area contributed by atoms with E-state index in [-0.39, 0.29) is 40.4 Å². The first kappa shape index (κ1) is 25.6. The molecule has 2 aliphatic rings. The number of halogens is 1. The molecular formula is C24H28ClN3O8. The first-order valence-electron chi connectivity index (χ1n) is 11.3. The lowest BCUT2D eigenvalue weighted by molar-refractivity contribution is -0.185. The molecule has 36 heavy (non-hydrogen) atoms. The highest BCUT2D eigenvalue weighted by Gasteiger charge is 2.49. The van der Waals surface area contributed by atoms with E-state index in [2.05, 4.69) is 10.3 Å². The van der Waals surface area contributed by atoms with Crippen LogP contribution >= 0.6 is 11.6 Å². The van der Waals surface area contributed by atoms with Gasteiger partial charge in [0, 0.05) is 36.9 Å². The van der Waals surface area contributed by atoms with E-state index >= 15 is 0 Å². The number of ether oxygens (including phenoxy) is 4. The van der Waals surface area contributed by atoms with Gasteiger partial charge in [-0.25, -0.2) is 4.79 Å². The van der Waals surface area contributed by atoms with Crippen LogP contribution in [0.15, 0.2) is 16.9 Å². The maximum Gasteiger partial charge on any atom is 0.404 e. The zero-order valence-electron chi connectivity index (χ0n) is 20.6. The van der Waals surface area contributed by atoms with E-state index in [9.17, 15) is 14.4 Å². The van der Waals surface area contributed by atoms with Crippen molar-refractivity contribution in [3.05, 3.63) is 44.3 Å². The second-order valence-corrected chi connectivity index (χ2v) is 9.42. The Kier molecular flexibility index (Phi) is 6.80. The Hall–Kier alpha value is -3.44. The number of anilines is 1.